The number of nitrogens with zero attached hydrogens (tertiary/aromatic N) is 5. The van der Waals surface area contributed by atoms with Crippen LogP contribution in [0.5, 0.6) is 0 Å². The Morgan fingerprint density at radius 2 is 2.07 bits per heavy atom. The molecule has 0 amide bonds. The molecule has 1 atom stereocenters. The van der Waals surface area contributed by atoms with Gasteiger partial charge in [0.2, 0.25) is 15.2 Å². The molecule has 3 heterocycles. The average Bonchev–Trinajstić information content (AvgIpc) is 3.40. The van der Waals surface area contributed by atoms with Gasteiger partial charge in [0.15, 0.2) is 0 Å². The lowest BCUT2D eigenvalue weighted by Crippen LogP contribution is -2.40. The molecule has 9 nitrogen and oxygen atoms in total. The van der Waals surface area contributed by atoms with Crippen molar-refractivity contribution in [1.82, 2.24) is 24.5 Å². The summed E-state index contributed by atoms with van der Waals surface area (Å²) in [6.45, 7) is 3.07. The van der Waals surface area contributed by atoms with Crippen molar-refractivity contribution in [3.8, 4) is 0 Å². The largest absolute Gasteiger partial charge is 0.379 e. The molecule has 4 rings (SSSR count). The van der Waals surface area contributed by atoms with Crippen LogP contribution in [0.25, 0.3) is 0 Å². The molecule has 0 saturated carbocycles. The highest BCUT2D eigenvalue weighted by atomic mass is 32.2. The van der Waals surface area contributed by atoms with Crippen molar-refractivity contribution < 1.29 is 17.9 Å². The van der Waals surface area contributed by atoms with E-state index in [1.807, 2.05) is 6.07 Å². The molecule has 28 heavy (non-hydrogen) atoms. The number of tetrazole rings is 1. The first-order chi connectivity index (χ1) is 13.6. The summed E-state index contributed by atoms with van der Waals surface area (Å²) in [5.41, 5.74) is 0.908. The normalized spacial score (nSPS) is 21.2. The van der Waals surface area contributed by atoms with Gasteiger partial charge in [-0.05, 0) is 41.0 Å². The molecule has 1 aromatic carbocycles. The first-order valence-corrected chi connectivity index (χ1v) is 11.7. The molecule has 0 spiro atoms. The van der Waals surface area contributed by atoms with Crippen LogP contribution in [0, 0.1) is 0 Å². The van der Waals surface area contributed by atoms with Crippen molar-refractivity contribution in [3.63, 3.8) is 0 Å². The summed E-state index contributed by atoms with van der Waals surface area (Å²) in [4.78, 5) is 0.312. The van der Waals surface area contributed by atoms with Crippen LogP contribution in [0.4, 0.5) is 0 Å². The van der Waals surface area contributed by atoms with Gasteiger partial charge in [0.05, 0.1) is 30.8 Å². The molecule has 11 heteroatoms. The van der Waals surface area contributed by atoms with Crippen LogP contribution in [0.3, 0.4) is 0 Å². The topological polar surface area (TPSA) is 99.4 Å². The van der Waals surface area contributed by atoms with Gasteiger partial charge in [-0.2, -0.15) is 4.31 Å². The Bertz CT molecular complexity index is 892. The third-order valence-electron chi connectivity index (χ3n) is 4.77. The summed E-state index contributed by atoms with van der Waals surface area (Å²) >= 11 is 1.49. The lowest BCUT2D eigenvalue weighted by atomic mass is 10.2. The molecule has 1 aromatic heterocycles. The van der Waals surface area contributed by atoms with Gasteiger partial charge in [-0.25, -0.2) is 13.1 Å². The zero-order valence-corrected chi connectivity index (χ0v) is 17.1. The zero-order chi connectivity index (χ0) is 19.4. The standard InChI is InChI=1S/C17H23N5O4S2/c23-28(24,21-6-9-25-10-7-21)16-5-1-3-14(11-16)13-27-17-18-19-20-22(17)12-15-4-2-8-26-15/h1,3,5,11,15H,2,4,6-10,12-13H2. The quantitative estimate of drug-likeness (QED) is 0.610. The molecule has 1 unspecified atom stereocenters. The first kappa shape index (κ1) is 19.8. The SMILES string of the molecule is O=S(=O)(c1cccc(CSc2nnnn2CC2CCCO2)c1)N1CCOCC1. The number of morpholine rings is 1. The Morgan fingerprint density at radius 3 is 2.86 bits per heavy atom. The van der Waals surface area contributed by atoms with Gasteiger partial charge in [-0.3, -0.25) is 0 Å². The molecule has 0 radical (unpaired) electrons. The maximum atomic E-state index is 12.8. The summed E-state index contributed by atoms with van der Waals surface area (Å²) in [5.74, 6) is 0.582. The van der Waals surface area contributed by atoms with E-state index in [0.717, 1.165) is 25.0 Å². The van der Waals surface area contributed by atoms with Crippen LogP contribution in [0.15, 0.2) is 34.3 Å². The molecule has 2 fully saturated rings. The van der Waals surface area contributed by atoms with Crippen molar-refractivity contribution in [2.45, 2.75) is 41.3 Å². The highest BCUT2D eigenvalue weighted by Gasteiger charge is 2.26. The summed E-state index contributed by atoms with van der Waals surface area (Å²) in [5, 5.41) is 12.6. The van der Waals surface area contributed by atoms with Crippen LogP contribution < -0.4 is 0 Å². The van der Waals surface area contributed by atoms with Gasteiger partial charge in [-0.15, -0.1) is 5.10 Å². The first-order valence-electron chi connectivity index (χ1n) is 9.30. The van der Waals surface area contributed by atoms with Gasteiger partial charge < -0.3 is 9.47 Å². The minimum absolute atomic E-state index is 0.157. The summed E-state index contributed by atoms with van der Waals surface area (Å²) in [7, 11) is -3.50. The minimum atomic E-state index is -3.50. The van der Waals surface area contributed by atoms with E-state index < -0.39 is 10.0 Å². The monoisotopic (exact) mass is 425 g/mol. The van der Waals surface area contributed by atoms with Crippen molar-refractivity contribution in [2.24, 2.45) is 0 Å². The lowest BCUT2D eigenvalue weighted by molar-refractivity contribution is 0.0730. The molecule has 0 aliphatic carbocycles. The Balaban J connectivity index is 1.42. The number of rotatable bonds is 7. The van der Waals surface area contributed by atoms with E-state index in [4.69, 9.17) is 9.47 Å². The molecular formula is C17H23N5O4S2. The van der Waals surface area contributed by atoms with Crippen LogP contribution in [0.2, 0.25) is 0 Å². The van der Waals surface area contributed by atoms with E-state index in [2.05, 4.69) is 15.5 Å². The fraction of sp³-hybridized carbons (Fsp3) is 0.588. The predicted octanol–water partition coefficient (Wildman–Crippen LogP) is 1.17. The Morgan fingerprint density at radius 1 is 1.21 bits per heavy atom. The highest BCUT2D eigenvalue weighted by Crippen LogP contribution is 2.24. The third kappa shape index (κ3) is 4.54. The molecule has 0 bridgehead atoms. The van der Waals surface area contributed by atoms with Crippen molar-refractivity contribution in [2.75, 3.05) is 32.9 Å². The van der Waals surface area contributed by atoms with E-state index in [9.17, 15) is 8.42 Å². The smallest absolute Gasteiger partial charge is 0.243 e. The third-order valence-corrected chi connectivity index (χ3v) is 7.70. The number of hydrogen-bond donors (Lipinski definition) is 0. The molecule has 152 valence electrons. The second kappa shape index (κ2) is 8.87. The fourth-order valence-electron chi connectivity index (χ4n) is 3.28. The zero-order valence-electron chi connectivity index (χ0n) is 15.4. The maximum absolute atomic E-state index is 12.8. The Labute approximate surface area is 168 Å². The number of benzene rings is 1. The number of thioether (sulfide) groups is 1. The Kier molecular flexibility index (Phi) is 6.26. The highest BCUT2D eigenvalue weighted by molar-refractivity contribution is 7.98. The molecule has 2 aliphatic rings. The molecule has 2 aromatic rings. The van der Waals surface area contributed by atoms with Gasteiger partial charge in [0.1, 0.15) is 0 Å². The van der Waals surface area contributed by atoms with Crippen molar-refractivity contribution in [1.29, 1.82) is 0 Å². The summed E-state index contributed by atoms with van der Waals surface area (Å²) in [6.07, 6.45) is 2.25. The van der Waals surface area contributed by atoms with Crippen LogP contribution >= 0.6 is 11.8 Å². The molecule has 2 aliphatic heterocycles. The minimum Gasteiger partial charge on any atom is -0.379 e. The van der Waals surface area contributed by atoms with E-state index in [-0.39, 0.29) is 6.10 Å². The molecular weight excluding hydrogens is 402 g/mol. The fourth-order valence-corrected chi connectivity index (χ4v) is 5.58. The van der Waals surface area contributed by atoms with Crippen LogP contribution in [-0.2, 0) is 31.8 Å². The average molecular weight is 426 g/mol. The van der Waals surface area contributed by atoms with Gasteiger partial charge in [0.25, 0.3) is 0 Å². The van der Waals surface area contributed by atoms with E-state index in [1.165, 1.54) is 16.1 Å². The van der Waals surface area contributed by atoms with Crippen LogP contribution in [0.1, 0.15) is 18.4 Å². The van der Waals surface area contributed by atoms with Gasteiger partial charge in [0, 0.05) is 25.4 Å². The number of hydrogen-bond acceptors (Lipinski definition) is 8. The van der Waals surface area contributed by atoms with Crippen LogP contribution in [-0.4, -0.2) is 71.9 Å². The van der Waals surface area contributed by atoms with E-state index in [0.29, 0.717) is 48.7 Å². The maximum Gasteiger partial charge on any atom is 0.243 e. The Hall–Kier alpha value is -1.53. The molecule has 0 N–H and O–H groups in total. The number of sulfonamides is 1. The second-order valence-corrected chi connectivity index (χ2v) is 9.61. The lowest BCUT2D eigenvalue weighted by Gasteiger charge is -2.26. The summed E-state index contributed by atoms with van der Waals surface area (Å²) < 4.78 is 39.8. The molecule has 2 saturated heterocycles. The van der Waals surface area contributed by atoms with Crippen molar-refractivity contribution in [3.05, 3.63) is 29.8 Å². The second-order valence-electron chi connectivity index (χ2n) is 6.73. The summed E-state index contributed by atoms with van der Waals surface area (Å²) in [6, 6.07) is 7.06. The van der Waals surface area contributed by atoms with Crippen molar-refractivity contribution >= 4 is 21.8 Å². The van der Waals surface area contributed by atoms with E-state index >= 15 is 0 Å². The van der Waals surface area contributed by atoms with Gasteiger partial charge in [-0.1, -0.05) is 23.9 Å². The number of ether oxygens (including phenoxy) is 2. The predicted molar refractivity (Wildman–Crippen MR) is 102 cm³/mol. The number of aromatic nitrogens is 4. The van der Waals surface area contributed by atoms with E-state index in [1.54, 1.807) is 22.9 Å². The van der Waals surface area contributed by atoms with Gasteiger partial charge >= 0.3 is 0 Å².